The number of hydrogen-bond donors (Lipinski definition) is 0. The van der Waals surface area contributed by atoms with Crippen LogP contribution in [-0.2, 0) is 0 Å². The van der Waals surface area contributed by atoms with Crippen LogP contribution in [0.5, 0.6) is 5.75 Å². The van der Waals surface area contributed by atoms with Gasteiger partial charge in [0.15, 0.2) is 5.65 Å². The lowest BCUT2D eigenvalue weighted by Gasteiger charge is -2.30. The fourth-order valence-corrected chi connectivity index (χ4v) is 4.10. The Kier molecular flexibility index (Phi) is 5.03. The molecule has 3 aromatic rings. The first kappa shape index (κ1) is 18.5. The summed E-state index contributed by atoms with van der Waals surface area (Å²) in [5, 5.41) is 4.41. The Morgan fingerprint density at radius 1 is 1.14 bits per heavy atom. The first-order valence-electron chi connectivity index (χ1n) is 9.85. The molecule has 0 aliphatic carbocycles. The van der Waals surface area contributed by atoms with Crippen molar-refractivity contribution < 1.29 is 9.53 Å². The number of aryl methyl sites for hydroxylation is 2. The van der Waals surface area contributed by atoms with E-state index in [4.69, 9.17) is 4.74 Å². The number of rotatable bonds is 3. The van der Waals surface area contributed by atoms with Gasteiger partial charge in [0.05, 0.1) is 19.3 Å². The quantitative estimate of drug-likeness (QED) is 0.688. The summed E-state index contributed by atoms with van der Waals surface area (Å²) in [6.07, 6.45) is 5.90. The summed E-state index contributed by atoms with van der Waals surface area (Å²) in [6.45, 7) is 4.67. The van der Waals surface area contributed by atoms with Gasteiger partial charge in [0.25, 0.3) is 5.91 Å². The number of nitrogens with zero attached hydrogens (tertiary/aromatic N) is 4. The zero-order valence-corrected chi connectivity index (χ0v) is 16.7. The second-order valence-electron chi connectivity index (χ2n) is 7.47. The normalized spacial score (nSPS) is 17.5. The topological polar surface area (TPSA) is 59.7 Å². The van der Waals surface area contributed by atoms with Crippen molar-refractivity contribution in [1.82, 2.24) is 19.5 Å². The molecule has 2 aromatic heterocycles. The molecule has 28 heavy (non-hydrogen) atoms. The van der Waals surface area contributed by atoms with Crippen molar-refractivity contribution in [2.24, 2.45) is 0 Å². The number of carbonyl (C=O) groups is 1. The average Bonchev–Trinajstić information content (AvgIpc) is 2.97. The summed E-state index contributed by atoms with van der Waals surface area (Å²) in [4.78, 5) is 20.2. The molecule has 0 radical (unpaired) electrons. The monoisotopic (exact) mass is 378 g/mol. The van der Waals surface area contributed by atoms with E-state index in [1.165, 1.54) is 0 Å². The molecular formula is C22H26N4O2. The van der Waals surface area contributed by atoms with E-state index in [9.17, 15) is 4.79 Å². The smallest absolute Gasteiger partial charge is 0.259 e. The Bertz CT molecular complexity index is 994. The molecule has 1 amide bonds. The van der Waals surface area contributed by atoms with Crippen LogP contribution in [0.1, 0.15) is 59.0 Å². The van der Waals surface area contributed by atoms with Crippen molar-refractivity contribution in [3.05, 3.63) is 59.0 Å². The van der Waals surface area contributed by atoms with E-state index in [0.717, 1.165) is 54.9 Å². The molecule has 3 heterocycles. The van der Waals surface area contributed by atoms with Gasteiger partial charge in [-0.25, -0.2) is 9.50 Å². The second kappa shape index (κ2) is 7.62. The van der Waals surface area contributed by atoms with Crippen molar-refractivity contribution in [2.45, 2.75) is 45.6 Å². The van der Waals surface area contributed by atoms with Crippen molar-refractivity contribution in [3.8, 4) is 5.75 Å². The van der Waals surface area contributed by atoms with Gasteiger partial charge in [-0.15, -0.1) is 0 Å². The molecule has 1 aromatic carbocycles. The minimum Gasteiger partial charge on any atom is -0.497 e. The lowest BCUT2D eigenvalue weighted by molar-refractivity contribution is 0.0682. The Morgan fingerprint density at radius 3 is 2.68 bits per heavy atom. The van der Waals surface area contributed by atoms with Gasteiger partial charge in [-0.1, -0.05) is 25.0 Å². The lowest BCUT2D eigenvalue weighted by atomic mass is 10.00. The maximum Gasteiger partial charge on any atom is 0.259 e. The number of aromatic nitrogens is 3. The highest BCUT2D eigenvalue weighted by atomic mass is 16.5. The third kappa shape index (κ3) is 3.35. The van der Waals surface area contributed by atoms with Gasteiger partial charge in [0, 0.05) is 17.9 Å². The zero-order chi connectivity index (χ0) is 19.7. The Labute approximate surface area is 165 Å². The molecule has 6 heteroatoms. The lowest BCUT2D eigenvalue weighted by Crippen LogP contribution is -2.34. The Balaban J connectivity index is 1.72. The number of ether oxygens (including phenoxy) is 1. The standard InChI is InChI=1S/C22H26N4O2/c1-15-13-16(2)26-21(24-15)19(14-23-26)22(27)25-12-6-4-5-7-20(25)17-8-10-18(28-3)11-9-17/h8-11,13-14,20H,4-7,12H2,1-3H3. The van der Waals surface area contributed by atoms with Crippen LogP contribution in [-0.4, -0.2) is 39.1 Å². The van der Waals surface area contributed by atoms with Crippen LogP contribution in [0.15, 0.2) is 36.5 Å². The minimum atomic E-state index is 0.00946. The van der Waals surface area contributed by atoms with Gasteiger partial charge < -0.3 is 9.64 Å². The molecular weight excluding hydrogens is 352 g/mol. The summed E-state index contributed by atoms with van der Waals surface area (Å²) in [7, 11) is 1.67. The van der Waals surface area contributed by atoms with Crippen molar-refractivity contribution in [1.29, 1.82) is 0 Å². The van der Waals surface area contributed by atoms with E-state index in [2.05, 4.69) is 22.2 Å². The van der Waals surface area contributed by atoms with E-state index < -0.39 is 0 Å². The molecule has 1 aliphatic rings. The first-order chi connectivity index (χ1) is 13.6. The highest BCUT2D eigenvalue weighted by Gasteiger charge is 2.30. The maximum atomic E-state index is 13.6. The van der Waals surface area contributed by atoms with Gasteiger partial charge in [-0.05, 0) is 50.5 Å². The van der Waals surface area contributed by atoms with Crippen LogP contribution in [0.2, 0.25) is 0 Å². The van der Waals surface area contributed by atoms with E-state index in [0.29, 0.717) is 11.2 Å². The predicted octanol–water partition coefficient (Wildman–Crippen LogP) is 4.11. The van der Waals surface area contributed by atoms with Gasteiger partial charge in [-0.2, -0.15) is 5.10 Å². The zero-order valence-electron chi connectivity index (χ0n) is 16.7. The number of methoxy groups -OCH3 is 1. The van der Waals surface area contributed by atoms with Crippen LogP contribution >= 0.6 is 0 Å². The van der Waals surface area contributed by atoms with Crippen molar-refractivity contribution >= 4 is 11.6 Å². The highest BCUT2D eigenvalue weighted by molar-refractivity contribution is 6.00. The molecule has 0 bridgehead atoms. The van der Waals surface area contributed by atoms with Gasteiger partial charge in [0.1, 0.15) is 11.3 Å². The Morgan fingerprint density at radius 2 is 1.93 bits per heavy atom. The number of carbonyl (C=O) groups excluding carboxylic acids is 1. The van der Waals surface area contributed by atoms with E-state index in [-0.39, 0.29) is 11.9 Å². The van der Waals surface area contributed by atoms with Crippen molar-refractivity contribution in [3.63, 3.8) is 0 Å². The van der Waals surface area contributed by atoms with Gasteiger partial charge in [0.2, 0.25) is 0 Å². The van der Waals surface area contributed by atoms with Crippen LogP contribution in [0.4, 0.5) is 0 Å². The number of hydrogen-bond acceptors (Lipinski definition) is 4. The molecule has 6 nitrogen and oxygen atoms in total. The van der Waals surface area contributed by atoms with Crippen LogP contribution in [0, 0.1) is 13.8 Å². The molecule has 0 N–H and O–H groups in total. The summed E-state index contributed by atoms with van der Waals surface area (Å²) >= 11 is 0. The molecule has 1 atom stereocenters. The molecule has 146 valence electrons. The second-order valence-corrected chi connectivity index (χ2v) is 7.47. The summed E-state index contributed by atoms with van der Waals surface area (Å²) in [5.74, 6) is 0.836. The minimum absolute atomic E-state index is 0.00946. The third-order valence-electron chi connectivity index (χ3n) is 5.52. The number of benzene rings is 1. The maximum absolute atomic E-state index is 13.6. The Hall–Kier alpha value is -2.89. The number of likely N-dealkylation sites (tertiary alicyclic amines) is 1. The van der Waals surface area contributed by atoms with Crippen LogP contribution < -0.4 is 4.74 Å². The molecule has 1 unspecified atom stereocenters. The fourth-order valence-electron chi connectivity index (χ4n) is 4.10. The largest absolute Gasteiger partial charge is 0.497 e. The van der Waals surface area contributed by atoms with E-state index in [1.54, 1.807) is 17.8 Å². The summed E-state index contributed by atoms with van der Waals surface area (Å²) < 4.78 is 7.04. The highest BCUT2D eigenvalue weighted by Crippen LogP contribution is 2.32. The van der Waals surface area contributed by atoms with Crippen LogP contribution in [0.3, 0.4) is 0 Å². The number of amides is 1. The predicted molar refractivity (Wildman–Crippen MR) is 108 cm³/mol. The van der Waals surface area contributed by atoms with E-state index >= 15 is 0 Å². The molecule has 0 spiro atoms. The molecule has 1 saturated heterocycles. The molecule has 1 aliphatic heterocycles. The average molecular weight is 378 g/mol. The third-order valence-corrected chi connectivity index (χ3v) is 5.52. The molecule has 4 rings (SSSR count). The number of fused-ring (bicyclic) bond motifs is 1. The molecule has 1 fully saturated rings. The van der Waals surface area contributed by atoms with Gasteiger partial charge >= 0.3 is 0 Å². The van der Waals surface area contributed by atoms with Crippen LogP contribution in [0.25, 0.3) is 5.65 Å². The first-order valence-corrected chi connectivity index (χ1v) is 9.85. The van der Waals surface area contributed by atoms with Crippen molar-refractivity contribution in [2.75, 3.05) is 13.7 Å². The fraction of sp³-hybridized carbons (Fsp3) is 0.409. The van der Waals surface area contributed by atoms with E-state index in [1.807, 2.05) is 36.9 Å². The SMILES string of the molecule is COc1ccc(C2CCCCCN2C(=O)c2cnn3c(C)cc(C)nc23)cc1. The van der Waals surface area contributed by atoms with Gasteiger partial charge in [-0.3, -0.25) is 4.79 Å². The summed E-state index contributed by atoms with van der Waals surface area (Å²) in [5.41, 5.74) is 4.23. The molecule has 0 saturated carbocycles. The summed E-state index contributed by atoms with van der Waals surface area (Å²) in [6, 6.07) is 10.1.